The van der Waals surface area contributed by atoms with E-state index in [1.165, 1.54) is 6.07 Å². The number of carbonyl (C=O) groups is 1. The first-order valence-electron chi connectivity index (χ1n) is 3.49. The van der Waals surface area contributed by atoms with Crippen LogP contribution in [0, 0.1) is 0 Å². The number of hydrogen-bond acceptors (Lipinski definition) is 3. The van der Waals surface area contributed by atoms with Gasteiger partial charge >= 0.3 is 0 Å². The number of nitrogens with one attached hydrogen (secondary N) is 1. The summed E-state index contributed by atoms with van der Waals surface area (Å²) in [6.45, 7) is 0. The quantitative estimate of drug-likeness (QED) is 0.656. The lowest BCUT2D eigenvalue weighted by Crippen LogP contribution is -2.05. The lowest BCUT2D eigenvalue weighted by atomic mass is 10.3. The molecule has 0 atom stereocenters. The molecular weight excluding hydrogens is 156 g/mol. The van der Waals surface area contributed by atoms with Crippen molar-refractivity contribution in [3.63, 3.8) is 0 Å². The summed E-state index contributed by atoms with van der Waals surface area (Å²) in [5.41, 5.74) is 0.402. The molecule has 1 rings (SSSR count). The van der Waals surface area contributed by atoms with Gasteiger partial charge in [0, 0.05) is 12.5 Å². The number of aldehydes is 1. The van der Waals surface area contributed by atoms with Gasteiger partial charge in [0.2, 0.25) is 0 Å². The summed E-state index contributed by atoms with van der Waals surface area (Å²) < 4.78 is 0. The normalized spacial score (nSPS) is 10.3. The van der Waals surface area contributed by atoms with Crippen LogP contribution in [-0.2, 0) is 4.79 Å². The lowest BCUT2D eigenvalue weighted by molar-refractivity contribution is -0.107. The maximum absolute atomic E-state index is 10.6. The SMILES string of the molecule is O=CCC=Cc1ccc(=O)[nH]n1. The van der Waals surface area contributed by atoms with Gasteiger partial charge in [0.1, 0.15) is 6.29 Å². The molecule has 1 aromatic rings. The van der Waals surface area contributed by atoms with Crippen LogP contribution < -0.4 is 5.56 Å². The Morgan fingerprint density at radius 2 is 2.33 bits per heavy atom. The molecule has 0 aromatic carbocycles. The van der Waals surface area contributed by atoms with Crippen LogP contribution in [0.25, 0.3) is 6.08 Å². The van der Waals surface area contributed by atoms with Gasteiger partial charge in [-0.1, -0.05) is 6.08 Å². The predicted molar refractivity (Wildman–Crippen MR) is 44.6 cm³/mol. The Balaban J connectivity index is 2.70. The zero-order chi connectivity index (χ0) is 8.81. The molecule has 4 heteroatoms. The number of H-pyrrole nitrogens is 1. The summed E-state index contributed by atoms with van der Waals surface area (Å²) in [7, 11) is 0. The van der Waals surface area contributed by atoms with Crippen molar-refractivity contribution < 1.29 is 4.79 Å². The number of nitrogens with zero attached hydrogens (tertiary/aromatic N) is 1. The molecule has 0 bridgehead atoms. The van der Waals surface area contributed by atoms with Crippen LogP contribution in [0.4, 0.5) is 0 Å². The van der Waals surface area contributed by atoms with Crippen LogP contribution in [0.1, 0.15) is 12.1 Å². The molecule has 0 spiro atoms. The Hall–Kier alpha value is -1.71. The molecular formula is C8H8N2O2. The van der Waals surface area contributed by atoms with Crippen molar-refractivity contribution in [3.05, 3.63) is 34.3 Å². The second-order valence-corrected chi connectivity index (χ2v) is 2.15. The van der Waals surface area contributed by atoms with E-state index in [1.54, 1.807) is 18.2 Å². The average Bonchev–Trinajstić information content (AvgIpc) is 2.09. The molecule has 1 heterocycles. The van der Waals surface area contributed by atoms with E-state index >= 15 is 0 Å². The molecule has 0 saturated heterocycles. The fourth-order valence-corrected chi connectivity index (χ4v) is 0.692. The first kappa shape index (κ1) is 8.39. The third-order valence-corrected chi connectivity index (χ3v) is 1.22. The molecule has 4 nitrogen and oxygen atoms in total. The second kappa shape index (κ2) is 4.23. The molecule has 0 amide bonds. The van der Waals surface area contributed by atoms with E-state index in [1.807, 2.05) is 0 Å². The molecule has 0 radical (unpaired) electrons. The highest BCUT2D eigenvalue weighted by atomic mass is 16.1. The van der Waals surface area contributed by atoms with E-state index in [4.69, 9.17) is 0 Å². The topological polar surface area (TPSA) is 62.8 Å². The summed E-state index contributed by atoms with van der Waals surface area (Å²) in [5.74, 6) is 0. The van der Waals surface area contributed by atoms with Gasteiger partial charge in [-0.15, -0.1) is 0 Å². The van der Waals surface area contributed by atoms with E-state index < -0.39 is 0 Å². The molecule has 12 heavy (non-hydrogen) atoms. The Morgan fingerprint density at radius 3 is 2.92 bits per heavy atom. The van der Waals surface area contributed by atoms with E-state index in [-0.39, 0.29) is 5.56 Å². The molecule has 1 aromatic heterocycles. The van der Waals surface area contributed by atoms with E-state index in [0.29, 0.717) is 12.1 Å². The number of allylic oxidation sites excluding steroid dienone is 1. The maximum Gasteiger partial charge on any atom is 0.264 e. The predicted octanol–water partition coefficient (Wildman–Crippen LogP) is 0.372. The van der Waals surface area contributed by atoms with E-state index in [0.717, 1.165) is 6.29 Å². The molecule has 0 aliphatic rings. The lowest BCUT2D eigenvalue weighted by Gasteiger charge is -1.87. The second-order valence-electron chi connectivity index (χ2n) is 2.15. The van der Waals surface area contributed by atoms with Crippen molar-refractivity contribution in [2.24, 2.45) is 0 Å². The first-order chi connectivity index (χ1) is 5.83. The van der Waals surface area contributed by atoms with Crippen molar-refractivity contribution in [1.82, 2.24) is 10.2 Å². The number of aromatic nitrogens is 2. The molecule has 0 unspecified atom stereocenters. The summed E-state index contributed by atoms with van der Waals surface area (Å²) in [6, 6.07) is 2.97. The smallest absolute Gasteiger partial charge is 0.264 e. The van der Waals surface area contributed by atoms with Gasteiger partial charge in [0.05, 0.1) is 5.69 Å². The van der Waals surface area contributed by atoms with Gasteiger partial charge in [-0.05, 0) is 12.1 Å². The minimum Gasteiger partial charge on any atom is -0.303 e. The Morgan fingerprint density at radius 1 is 1.50 bits per heavy atom. The van der Waals surface area contributed by atoms with E-state index in [9.17, 15) is 9.59 Å². The monoisotopic (exact) mass is 164 g/mol. The zero-order valence-electron chi connectivity index (χ0n) is 6.36. The highest BCUT2D eigenvalue weighted by molar-refractivity contribution is 5.56. The van der Waals surface area contributed by atoms with Gasteiger partial charge in [0.15, 0.2) is 0 Å². The number of rotatable bonds is 3. The Kier molecular flexibility index (Phi) is 2.95. The standard InChI is InChI=1S/C8H8N2O2/c11-6-2-1-3-7-4-5-8(12)10-9-7/h1,3-6H,2H2,(H,10,12). The van der Waals surface area contributed by atoms with Crippen molar-refractivity contribution in [1.29, 1.82) is 0 Å². The average molecular weight is 164 g/mol. The van der Waals surface area contributed by atoms with E-state index in [2.05, 4.69) is 10.2 Å². The van der Waals surface area contributed by atoms with Crippen LogP contribution in [0.5, 0.6) is 0 Å². The Bertz CT molecular complexity index is 321. The zero-order valence-corrected chi connectivity index (χ0v) is 6.36. The van der Waals surface area contributed by atoms with Gasteiger partial charge < -0.3 is 4.79 Å². The summed E-state index contributed by atoms with van der Waals surface area (Å²) in [4.78, 5) is 20.5. The van der Waals surface area contributed by atoms with Gasteiger partial charge in [-0.25, -0.2) is 5.10 Å². The molecule has 0 aliphatic carbocycles. The Labute approximate surface area is 68.9 Å². The fraction of sp³-hybridized carbons (Fsp3) is 0.125. The van der Waals surface area contributed by atoms with Crippen LogP contribution >= 0.6 is 0 Å². The van der Waals surface area contributed by atoms with Crippen LogP contribution in [0.15, 0.2) is 23.0 Å². The summed E-state index contributed by atoms with van der Waals surface area (Å²) in [6.07, 6.45) is 4.50. The number of hydrogen-bond donors (Lipinski definition) is 1. The fourth-order valence-electron chi connectivity index (χ4n) is 0.692. The van der Waals surface area contributed by atoms with Crippen LogP contribution in [0.2, 0.25) is 0 Å². The van der Waals surface area contributed by atoms with Crippen molar-refractivity contribution in [2.45, 2.75) is 6.42 Å². The summed E-state index contributed by atoms with van der Waals surface area (Å²) >= 11 is 0. The van der Waals surface area contributed by atoms with Gasteiger partial charge in [-0.2, -0.15) is 5.10 Å². The van der Waals surface area contributed by atoms with Crippen molar-refractivity contribution in [3.8, 4) is 0 Å². The molecule has 62 valence electrons. The summed E-state index contributed by atoms with van der Waals surface area (Å²) in [5, 5.41) is 5.99. The number of aromatic amines is 1. The van der Waals surface area contributed by atoms with Crippen LogP contribution in [0.3, 0.4) is 0 Å². The minimum atomic E-state index is -0.234. The van der Waals surface area contributed by atoms with Crippen molar-refractivity contribution >= 4 is 12.4 Å². The molecule has 0 fully saturated rings. The first-order valence-corrected chi connectivity index (χ1v) is 3.49. The third-order valence-electron chi connectivity index (χ3n) is 1.22. The highest BCUT2D eigenvalue weighted by Crippen LogP contribution is 1.92. The van der Waals surface area contributed by atoms with Gasteiger partial charge in [0.25, 0.3) is 5.56 Å². The molecule has 0 aliphatic heterocycles. The largest absolute Gasteiger partial charge is 0.303 e. The maximum atomic E-state index is 10.6. The van der Waals surface area contributed by atoms with Crippen molar-refractivity contribution in [2.75, 3.05) is 0 Å². The highest BCUT2D eigenvalue weighted by Gasteiger charge is 1.86. The van der Waals surface area contributed by atoms with Gasteiger partial charge in [-0.3, -0.25) is 4.79 Å². The molecule has 0 saturated carbocycles. The minimum absolute atomic E-state index is 0.234. The number of carbonyl (C=O) groups excluding carboxylic acids is 1. The van der Waals surface area contributed by atoms with Crippen LogP contribution in [-0.4, -0.2) is 16.5 Å². The molecule has 1 N–H and O–H groups in total. The third kappa shape index (κ3) is 2.49.